The van der Waals surface area contributed by atoms with Crippen LogP contribution in [-0.4, -0.2) is 34.0 Å². The normalized spacial score (nSPS) is 15.3. The largest absolute Gasteiger partial charge is 0.347 e. The minimum atomic E-state index is -0.179. The SMILES string of the molecule is Cc1cccc(-c2noc(CNC(=O)C3CCN(Cc4ccccc4F)CC3)n2)c1. The summed E-state index contributed by atoms with van der Waals surface area (Å²) in [7, 11) is 0. The van der Waals surface area contributed by atoms with E-state index in [1.807, 2.05) is 43.3 Å². The zero-order chi connectivity index (χ0) is 20.9. The Labute approximate surface area is 175 Å². The molecule has 1 aromatic heterocycles. The molecule has 1 aliphatic heterocycles. The molecule has 1 saturated heterocycles. The van der Waals surface area contributed by atoms with E-state index in [1.54, 1.807) is 6.07 Å². The molecule has 0 saturated carbocycles. The first-order chi connectivity index (χ1) is 14.6. The highest BCUT2D eigenvalue weighted by Crippen LogP contribution is 2.21. The van der Waals surface area contributed by atoms with Crippen molar-refractivity contribution in [2.24, 2.45) is 5.92 Å². The fourth-order valence-corrected chi connectivity index (χ4v) is 3.76. The quantitative estimate of drug-likeness (QED) is 0.673. The summed E-state index contributed by atoms with van der Waals surface area (Å²) in [5.41, 5.74) is 2.70. The molecule has 0 atom stereocenters. The maximum Gasteiger partial charge on any atom is 0.246 e. The predicted octanol–water partition coefficient (Wildman–Crippen LogP) is 3.71. The highest BCUT2D eigenvalue weighted by atomic mass is 19.1. The second-order valence-electron chi connectivity index (χ2n) is 7.74. The highest BCUT2D eigenvalue weighted by Gasteiger charge is 2.25. The molecule has 6 nitrogen and oxygen atoms in total. The van der Waals surface area contributed by atoms with Crippen LogP contribution < -0.4 is 5.32 Å². The van der Waals surface area contributed by atoms with Gasteiger partial charge in [0, 0.05) is 23.6 Å². The number of halogens is 1. The summed E-state index contributed by atoms with van der Waals surface area (Å²) in [6.45, 7) is 4.33. The highest BCUT2D eigenvalue weighted by molar-refractivity contribution is 5.78. The van der Waals surface area contributed by atoms with Crippen LogP contribution in [0.3, 0.4) is 0 Å². The Hall–Kier alpha value is -3.06. The number of nitrogens with one attached hydrogen (secondary N) is 1. The number of aryl methyl sites for hydroxylation is 1. The molecular formula is C23H25FN4O2. The Morgan fingerprint density at radius 3 is 2.77 bits per heavy atom. The summed E-state index contributed by atoms with van der Waals surface area (Å²) in [6, 6.07) is 14.7. The van der Waals surface area contributed by atoms with Crippen LogP contribution >= 0.6 is 0 Å². The summed E-state index contributed by atoms with van der Waals surface area (Å²) in [6.07, 6.45) is 1.50. The number of likely N-dealkylation sites (tertiary alicyclic amines) is 1. The van der Waals surface area contributed by atoms with Crippen molar-refractivity contribution in [1.29, 1.82) is 0 Å². The Morgan fingerprint density at radius 1 is 1.20 bits per heavy atom. The van der Waals surface area contributed by atoms with Gasteiger partial charge in [0.05, 0.1) is 6.54 Å². The molecule has 0 bridgehead atoms. The van der Waals surface area contributed by atoms with Crippen molar-refractivity contribution in [2.45, 2.75) is 32.9 Å². The van der Waals surface area contributed by atoms with Gasteiger partial charge in [-0.05, 0) is 45.0 Å². The number of nitrogens with zero attached hydrogens (tertiary/aromatic N) is 3. The lowest BCUT2D eigenvalue weighted by Gasteiger charge is -2.31. The summed E-state index contributed by atoms with van der Waals surface area (Å²) >= 11 is 0. The second-order valence-corrected chi connectivity index (χ2v) is 7.74. The molecule has 7 heteroatoms. The molecule has 0 unspecified atom stereocenters. The van der Waals surface area contributed by atoms with Crippen molar-refractivity contribution >= 4 is 5.91 Å². The van der Waals surface area contributed by atoms with Crippen molar-refractivity contribution in [1.82, 2.24) is 20.4 Å². The molecule has 30 heavy (non-hydrogen) atoms. The number of hydrogen-bond donors (Lipinski definition) is 1. The van der Waals surface area contributed by atoms with Crippen LogP contribution in [0.5, 0.6) is 0 Å². The number of hydrogen-bond acceptors (Lipinski definition) is 5. The van der Waals surface area contributed by atoms with Crippen molar-refractivity contribution in [2.75, 3.05) is 13.1 Å². The molecule has 0 spiro atoms. The lowest BCUT2D eigenvalue weighted by Crippen LogP contribution is -2.40. The fourth-order valence-electron chi connectivity index (χ4n) is 3.76. The van der Waals surface area contributed by atoms with E-state index in [2.05, 4.69) is 20.4 Å². The van der Waals surface area contributed by atoms with Crippen LogP contribution in [0.25, 0.3) is 11.4 Å². The number of aromatic nitrogens is 2. The number of amides is 1. The van der Waals surface area contributed by atoms with Crippen LogP contribution in [0.1, 0.15) is 29.9 Å². The lowest BCUT2D eigenvalue weighted by atomic mass is 9.95. The van der Waals surface area contributed by atoms with Crippen LogP contribution in [0.15, 0.2) is 53.1 Å². The first kappa shape index (κ1) is 20.2. The van der Waals surface area contributed by atoms with Crippen LogP contribution in [0.2, 0.25) is 0 Å². The molecule has 1 fully saturated rings. The van der Waals surface area contributed by atoms with Gasteiger partial charge in [-0.2, -0.15) is 4.98 Å². The molecule has 3 aromatic rings. The van der Waals surface area contributed by atoms with Crippen LogP contribution in [-0.2, 0) is 17.9 Å². The van der Waals surface area contributed by atoms with E-state index in [4.69, 9.17) is 4.52 Å². The van der Waals surface area contributed by atoms with E-state index in [-0.39, 0.29) is 24.2 Å². The minimum Gasteiger partial charge on any atom is -0.347 e. The van der Waals surface area contributed by atoms with E-state index < -0.39 is 0 Å². The topological polar surface area (TPSA) is 71.3 Å². The van der Waals surface area contributed by atoms with Crippen molar-refractivity contribution in [3.05, 3.63) is 71.4 Å². The molecule has 2 aromatic carbocycles. The van der Waals surface area contributed by atoms with E-state index in [0.29, 0.717) is 23.8 Å². The number of carbonyl (C=O) groups excluding carboxylic acids is 1. The predicted molar refractivity (Wildman–Crippen MR) is 111 cm³/mol. The standard InChI is InChI=1S/C23H25FN4O2/c1-16-5-4-7-18(13-16)22-26-21(30-27-22)14-25-23(29)17-9-11-28(12-10-17)15-19-6-2-3-8-20(19)24/h2-8,13,17H,9-12,14-15H2,1H3,(H,25,29). The van der Waals surface area contributed by atoms with Crippen molar-refractivity contribution < 1.29 is 13.7 Å². The molecule has 1 N–H and O–H groups in total. The lowest BCUT2D eigenvalue weighted by molar-refractivity contribution is -0.126. The van der Waals surface area contributed by atoms with Gasteiger partial charge in [-0.3, -0.25) is 9.69 Å². The minimum absolute atomic E-state index is 0.00385. The van der Waals surface area contributed by atoms with Gasteiger partial charge < -0.3 is 9.84 Å². The van der Waals surface area contributed by atoms with E-state index in [9.17, 15) is 9.18 Å². The van der Waals surface area contributed by atoms with Gasteiger partial charge in [0.25, 0.3) is 0 Å². The summed E-state index contributed by atoms with van der Waals surface area (Å²) in [5.74, 6) is 0.667. The van der Waals surface area contributed by atoms with Gasteiger partial charge in [-0.15, -0.1) is 0 Å². The molecule has 2 heterocycles. The third-order valence-electron chi connectivity index (χ3n) is 5.47. The average Bonchev–Trinajstić information content (AvgIpc) is 3.23. The second kappa shape index (κ2) is 9.17. The fraction of sp³-hybridized carbons (Fsp3) is 0.348. The molecule has 156 valence electrons. The monoisotopic (exact) mass is 408 g/mol. The van der Waals surface area contributed by atoms with Crippen molar-refractivity contribution in [3.63, 3.8) is 0 Å². The molecule has 0 radical (unpaired) electrons. The van der Waals surface area contributed by atoms with Gasteiger partial charge in [0.2, 0.25) is 17.6 Å². The third kappa shape index (κ3) is 4.91. The van der Waals surface area contributed by atoms with E-state index in [0.717, 1.165) is 37.1 Å². The number of carbonyl (C=O) groups is 1. The summed E-state index contributed by atoms with van der Waals surface area (Å²) in [5, 5.41) is 6.90. The molecule has 4 rings (SSSR count). The van der Waals surface area contributed by atoms with Gasteiger partial charge in [0.15, 0.2) is 0 Å². The van der Waals surface area contributed by atoms with Crippen LogP contribution in [0, 0.1) is 18.7 Å². The Morgan fingerprint density at radius 2 is 2.00 bits per heavy atom. The molecule has 0 aliphatic carbocycles. The Kier molecular flexibility index (Phi) is 6.18. The zero-order valence-electron chi connectivity index (χ0n) is 17.0. The van der Waals surface area contributed by atoms with Gasteiger partial charge in [-0.1, -0.05) is 47.1 Å². The number of benzene rings is 2. The van der Waals surface area contributed by atoms with Crippen molar-refractivity contribution in [3.8, 4) is 11.4 Å². The van der Waals surface area contributed by atoms with Gasteiger partial charge >= 0.3 is 0 Å². The maximum atomic E-state index is 13.8. The molecular weight excluding hydrogens is 383 g/mol. The molecule has 1 amide bonds. The van der Waals surface area contributed by atoms with Gasteiger partial charge in [-0.25, -0.2) is 4.39 Å². The first-order valence-electron chi connectivity index (χ1n) is 10.2. The number of rotatable bonds is 6. The average molecular weight is 408 g/mol. The van der Waals surface area contributed by atoms with Crippen LogP contribution in [0.4, 0.5) is 4.39 Å². The van der Waals surface area contributed by atoms with E-state index >= 15 is 0 Å². The molecule has 1 aliphatic rings. The third-order valence-corrected chi connectivity index (χ3v) is 5.47. The zero-order valence-corrected chi connectivity index (χ0v) is 17.0. The Balaban J connectivity index is 1.25. The van der Waals surface area contributed by atoms with E-state index in [1.165, 1.54) is 6.07 Å². The first-order valence-corrected chi connectivity index (χ1v) is 10.2. The summed E-state index contributed by atoms with van der Waals surface area (Å²) < 4.78 is 19.1. The summed E-state index contributed by atoms with van der Waals surface area (Å²) in [4.78, 5) is 19.1. The maximum absolute atomic E-state index is 13.8. The Bertz CT molecular complexity index is 1010. The number of piperidine rings is 1. The van der Waals surface area contributed by atoms with Gasteiger partial charge in [0.1, 0.15) is 5.82 Å². The smallest absolute Gasteiger partial charge is 0.246 e.